The second kappa shape index (κ2) is 4.83. The van der Waals surface area contributed by atoms with E-state index in [4.69, 9.17) is 23.2 Å². The number of nitrogens with zero attached hydrogens (tertiary/aromatic N) is 3. The van der Waals surface area contributed by atoms with Crippen LogP contribution in [0.2, 0.25) is 10.0 Å². The number of hydrogen-bond donors (Lipinski definition) is 1. The van der Waals surface area contributed by atoms with Crippen LogP contribution < -0.4 is 5.32 Å². The molecule has 94 valence electrons. The summed E-state index contributed by atoms with van der Waals surface area (Å²) in [4.78, 5) is 10.4. The zero-order valence-corrected chi connectivity index (χ0v) is 10.7. The molecule has 2 aromatic rings. The van der Waals surface area contributed by atoms with Crippen molar-refractivity contribution in [1.82, 2.24) is 9.78 Å². The summed E-state index contributed by atoms with van der Waals surface area (Å²) < 4.78 is 1.58. The molecule has 1 N–H and O–H groups in total. The van der Waals surface area contributed by atoms with Crippen molar-refractivity contribution in [2.75, 3.05) is 5.32 Å². The van der Waals surface area contributed by atoms with E-state index in [0.717, 1.165) is 0 Å². The van der Waals surface area contributed by atoms with E-state index >= 15 is 0 Å². The lowest BCUT2D eigenvalue weighted by molar-refractivity contribution is -0.383. The Morgan fingerprint density at radius 1 is 1.39 bits per heavy atom. The Balaban J connectivity index is 2.42. The van der Waals surface area contributed by atoms with E-state index in [9.17, 15) is 10.1 Å². The number of anilines is 2. The number of rotatable bonds is 3. The van der Waals surface area contributed by atoms with E-state index in [2.05, 4.69) is 10.4 Å². The van der Waals surface area contributed by atoms with Crippen molar-refractivity contribution in [3.05, 3.63) is 44.7 Å². The number of aryl methyl sites for hydroxylation is 1. The van der Waals surface area contributed by atoms with Crippen molar-refractivity contribution in [3.8, 4) is 0 Å². The highest BCUT2D eigenvalue weighted by Gasteiger charge is 2.17. The van der Waals surface area contributed by atoms with Crippen LogP contribution in [0.15, 0.2) is 24.5 Å². The summed E-state index contributed by atoms with van der Waals surface area (Å²) in [6.45, 7) is 0. The Labute approximate surface area is 112 Å². The third-order valence-electron chi connectivity index (χ3n) is 2.22. The molecule has 8 heteroatoms. The summed E-state index contributed by atoms with van der Waals surface area (Å²) in [5.74, 6) is 0. The van der Waals surface area contributed by atoms with Crippen LogP contribution in [0.3, 0.4) is 0 Å². The molecule has 0 amide bonds. The molecule has 0 bridgehead atoms. The SMILES string of the molecule is Cn1cc(Nc2cc(Cl)c(Cl)cc2[N+](=O)[O-])cn1. The van der Waals surface area contributed by atoms with Gasteiger partial charge in [-0.25, -0.2) is 0 Å². The molecular formula is C10H8Cl2N4O2. The predicted octanol–water partition coefficient (Wildman–Crippen LogP) is 3.38. The van der Waals surface area contributed by atoms with Gasteiger partial charge in [-0.2, -0.15) is 5.10 Å². The summed E-state index contributed by atoms with van der Waals surface area (Å²) in [6.07, 6.45) is 3.23. The Morgan fingerprint density at radius 3 is 2.61 bits per heavy atom. The standard InChI is InChI=1S/C10H8Cl2N4O2/c1-15-5-6(4-13-15)14-9-2-7(11)8(12)3-10(9)16(17)18/h2-5,14H,1H3. The van der Waals surface area contributed by atoms with Crippen molar-refractivity contribution >= 4 is 40.3 Å². The van der Waals surface area contributed by atoms with Gasteiger partial charge in [0, 0.05) is 19.3 Å². The Hall–Kier alpha value is -1.79. The van der Waals surface area contributed by atoms with E-state index in [1.165, 1.54) is 12.1 Å². The van der Waals surface area contributed by atoms with Crippen LogP contribution in [-0.4, -0.2) is 14.7 Å². The van der Waals surface area contributed by atoms with Gasteiger partial charge >= 0.3 is 0 Å². The second-order valence-electron chi connectivity index (χ2n) is 3.57. The van der Waals surface area contributed by atoms with Crippen molar-refractivity contribution in [3.63, 3.8) is 0 Å². The summed E-state index contributed by atoms with van der Waals surface area (Å²) in [7, 11) is 1.74. The second-order valence-corrected chi connectivity index (χ2v) is 4.38. The molecule has 6 nitrogen and oxygen atoms in total. The van der Waals surface area contributed by atoms with Gasteiger partial charge in [-0.15, -0.1) is 0 Å². The highest BCUT2D eigenvalue weighted by Crippen LogP contribution is 2.35. The fourth-order valence-electron chi connectivity index (χ4n) is 1.43. The fraction of sp³-hybridized carbons (Fsp3) is 0.100. The number of hydrogen-bond acceptors (Lipinski definition) is 4. The zero-order valence-electron chi connectivity index (χ0n) is 9.22. The van der Waals surface area contributed by atoms with Gasteiger partial charge in [0.05, 0.1) is 26.9 Å². The molecule has 0 aliphatic carbocycles. The molecule has 0 unspecified atom stereocenters. The Kier molecular flexibility index (Phi) is 3.40. The predicted molar refractivity (Wildman–Crippen MR) is 69.6 cm³/mol. The monoisotopic (exact) mass is 286 g/mol. The molecule has 0 fully saturated rings. The minimum absolute atomic E-state index is 0.139. The maximum Gasteiger partial charge on any atom is 0.294 e. The summed E-state index contributed by atoms with van der Waals surface area (Å²) >= 11 is 11.6. The fourth-order valence-corrected chi connectivity index (χ4v) is 1.75. The molecule has 1 aromatic carbocycles. The largest absolute Gasteiger partial charge is 0.347 e. The lowest BCUT2D eigenvalue weighted by atomic mass is 10.2. The van der Waals surface area contributed by atoms with Crippen molar-refractivity contribution in [1.29, 1.82) is 0 Å². The van der Waals surface area contributed by atoms with E-state index in [-0.39, 0.29) is 21.4 Å². The normalized spacial score (nSPS) is 10.4. The average Bonchev–Trinajstić information content (AvgIpc) is 2.68. The van der Waals surface area contributed by atoms with E-state index in [0.29, 0.717) is 5.69 Å². The van der Waals surface area contributed by atoms with E-state index in [1.54, 1.807) is 24.1 Å². The molecule has 0 radical (unpaired) electrons. The van der Waals surface area contributed by atoms with Crippen molar-refractivity contribution < 1.29 is 4.92 Å². The van der Waals surface area contributed by atoms with Crippen LogP contribution in [0, 0.1) is 10.1 Å². The smallest absolute Gasteiger partial charge is 0.294 e. The summed E-state index contributed by atoms with van der Waals surface area (Å²) in [5.41, 5.74) is 0.745. The van der Waals surface area contributed by atoms with Gasteiger partial charge in [-0.3, -0.25) is 14.8 Å². The van der Waals surface area contributed by atoms with Gasteiger partial charge in [-0.05, 0) is 6.07 Å². The van der Waals surface area contributed by atoms with Crippen LogP contribution in [0.25, 0.3) is 0 Å². The van der Waals surface area contributed by atoms with Crippen LogP contribution in [0.5, 0.6) is 0 Å². The van der Waals surface area contributed by atoms with Crippen LogP contribution in [-0.2, 0) is 7.05 Å². The maximum absolute atomic E-state index is 10.9. The molecule has 0 atom stereocenters. The molecule has 0 aliphatic rings. The van der Waals surface area contributed by atoms with Crippen LogP contribution in [0.4, 0.5) is 17.1 Å². The van der Waals surface area contributed by atoms with Crippen molar-refractivity contribution in [2.24, 2.45) is 7.05 Å². The lowest BCUT2D eigenvalue weighted by Gasteiger charge is -2.06. The molecule has 2 rings (SSSR count). The first-order valence-electron chi connectivity index (χ1n) is 4.86. The molecule has 0 spiro atoms. The van der Waals surface area contributed by atoms with E-state index in [1.807, 2.05) is 0 Å². The number of nitro benzene ring substituents is 1. The van der Waals surface area contributed by atoms with Crippen LogP contribution in [0.1, 0.15) is 0 Å². The first-order valence-corrected chi connectivity index (χ1v) is 5.62. The summed E-state index contributed by atoms with van der Waals surface area (Å²) in [5, 5.41) is 18.1. The zero-order chi connectivity index (χ0) is 13.3. The van der Waals surface area contributed by atoms with E-state index < -0.39 is 4.92 Å². The first-order chi connectivity index (χ1) is 8.47. The topological polar surface area (TPSA) is 73.0 Å². The molecule has 0 saturated heterocycles. The van der Waals surface area contributed by atoms with Gasteiger partial charge in [0.1, 0.15) is 5.69 Å². The number of nitro groups is 1. The number of halogens is 2. The van der Waals surface area contributed by atoms with Gasteiger partial charge in [0.25, 0.3) is 5.69 Å². The minimum atomic E-state index is -0.527. The third kappa shape index (κ3) is 2.55. The highest BCUT2D eigenvalue weighted by molar-refractivity contribution is 6.42. The number of nitrogens with one attached hydrogen (secondary N) is 1. The summed E-state index contributed by atoms with van der Waals surface area (Å²) in [6, 6.07) is 2.62. The molecule has 1 heterocycles. The van der Waals surface area contributed by atoms with Gasteiger partial charge in [0.2, 0.25) is 0 Å². The Morgan fingerprint density at radius 2 is 2.06 bits per heavy atom. The third-order valence-corrected chi connectivity index (χ3v) is 2.94. The Bertz CT molecular complexity index is 612. The van der Waals surface area contributed by atoms with Crippen molar-refractivity contribution in [2.45, 2.75) is 0 Å². The van der Waals surface area contributed by atoms with Gasteiger partial charge in [-0.1, -0.05) is 23.2 Å². The molecular weight excluding hydrogens is 279 g/mol. The minimum Gasteiger partial charge on any atom is -0.347 e. The van der Waals surface area contributed by atoms with Crippen LogP contribution >= 0.6 is 23.2 Å². The quantitative estimate of drug-likeness (QED) is 0.693. The maximum atomic E-state index is 10.9. The molecule has 18 heavy (non-hydrogen) atoms. The number of aromatic nitrogens is 2. The van der Waals surface area contributed by atoms with Gasteiger partial charge in [0.15, 0.2) is 0 Å². The molecule has 0 saturated carbocycles. The number of benzene rings is 1. The molecule has 1 aromatic heterocycles. The molecule has 0 aliphatic heterocycles. The lowest BCUT2D eigenvalue weighted by Crippen LogP contribution is -1.97. The highest BCUT2D eigenvalue weighted by atomic mass is 35.5. The average molecular weight is 287 g/mol. The van der Waals surface area contributed by atoms with Gasteiger partial charge < -0.3 is 5.32 Å². The first kappa shape index (κ1) is 12.7.